The number of carbonyl (C=O) groups is 1. The number of nitrogens with zero attached hydrogens (tertiary/aromatic N) is 1. The number of likely N-dealkylation sites (N-methyl/N-ethyl adjacent to an activating group) is 2. The van der Waals surface area contributed by atoms with E-state index in [-0.39, 0.29) is 5.91 Å². The molecule has 0 unspecified atom stereocenters. The number of rotatable bonds is 5. The molecule has 1 aromatic rings. The normalized spacial score (nSPS) is 10.3. The summed E-state index contributed by atoms with van der Waals surface area (Å²) in [5.41, 5.74) is 0.408. The topological polar surface area (TPSA) is 41.6 Å². The maximum Gasteiger partial charge on any atom is 0.257 e. The fourth-order valence-corrected chi connectivity index (χ4v) is 1.77. The van der Waals surface area contributed by atoms with Gasteiger partial charge in [0.1, 0.15) is 5.75 Å². The van der Waals surface area contributed by atoms with E-state index in [1.165, 1.54) is 13.2 Å². The second-order valence-electron chi connectivity index (χ2n) is 3.80. The lowest BCUT2D eigenvalue weighted by atomic mass is 10.1. The quantitative estimate of drug-likeness (QED) is 0.905. The van der Waals surface area contributed by atoms with Gasteiger partial charge in [-0.3, -0.25) is 4.79 Å². The minimum Gasteiger partial charge on any atom is -0.496 e. The third-order valence-corrected chi connectivity index (χ3v) is 3.24. The van der Waals surface area contributed by atoms with Crippen molar-refractivity contribution in [2.24, 2.45) is 0 Å². The number of hydrogen-bond donors (Lipinski definition) is 1. The molecule has 0 saturated carbocycles. The van der Waals surface area contributed by atoms with Crippen molar-refractivity contribution < 1.29 is 9.53 Å². The van der Waals surface area contributed by atoms with Crippen LogP contribution in [0, 0.1) is 0 Å². The zero-order valence-corrected chi connectivity index (χ0v) is 12.1. The van der Waals surface area contributed by atoms with Gasteiger partial charge in [-0.05, 0) is 13.1 Å². The van der Waals surface area contributed by atoms with E-state index in [1.807, 2.05) is 7.05 Å². The van der Waals surface area contributed by atoms with Gasteiger partial charge in [-0.2, -0.15) is 0 Å². The smallest absolute Gasteiger partial charge is 0.257 e. The van der Waals surface area contributed by atoms with Crippen LogP contribution >= 0.6 is 23.2 Å². The molecular weight excluding hydrogens is 275 g/mol. The first-order valence-electron chi connectivity index (χ1n) is 5.44. The molecule has 0 spiro atoms. The Kier molecular flexibility index (Phi) is 5.72. The Morgan fingerprint density at radius 1 is 1.39 bits per heavy atom. The van der Waals surface area contributed by atoms with E-state index in [2.05, 4.69) is 5.32 Å². The molecule has 0 aliphatic rings. The average Bonchev–Trinajstić information content (AvgIpc) is 2.37. The van der Waals surface area contributed by atoms with Crippen LogP contribution in [0.3, 0.4) is 0 Å². The molecule has 0 aromatic heterocycles. The van der Waals surface area contributed by atoms with Crippen LogP contribution in [0.1, 0.15) is 10.4 Å². The van der Waals surface area contributed by atoms with Crippen LogP contribution in [-0.2, 0) is 0 Å². The SMILES string of the molecule is CNCCN(C)C(=O)c1cc(Cl)c(Cl)cc1OC. The highest BCUT2D eigenvalue weighted by molar-refractivity contribution is 6.42. The van der Waals surface area contributed by atoms with Gasteiger partial charge in [0.05, 0.1) is 22.7 Å². The second-order valence-corrected chi connectivity index (χ2v) is 4.61. The molecule has 0 aliphatic heterocycles. The van der Waals surface area contributed by atoms with Gasteiger partial charge in [0.25, 0.3) is 5.91 Å². The number of carbonyl (C=O) groups excluding carboxylic acids is 1. The summed E-state index contributed by atoms with van der Waals surface area (Å²) in [4.78, 5) is 13.8. The predicted molar refractivity (Wildman–Crippen MR) is 73.9 cm³/mol. The monoisotopic (exact) mass is 290 g/mol. The van der Waals surface area contributed by atoms with Crippen LogP contribution in [0.4, 0.5) is 0 Å². The van der Waals surface area contributed by atoms with Gasteiger partial charge in [-0.1, -0.05) is 23.2 Å². The van der Waals surface area contributed by atoms with Crippen molar-refractivity contribution in [1.82, 2.24) is 10.2 Å². The highest BCUT2D eigenvalue weighted by Crippen LogP contribution is 2.31. The molecule has 18 heavy (non-hydrogen) atoms. The summed E-state index contributed by atoms with van der Waals surface area (Å²) >= 11 is 11.8. The molecule has 1 aromatic carbocycles. The minimum atomic E-state index is -0.152. The van der Waals surface area contributed by atoms with Crippen LogP contribution in [0.15, 0.2) is 12.1 Å². The fourth-order valence-electron chi connectivity index (χ4n) is 1.45. The molecule has 0 aliphatic carbocycles. The zero-order chi connectivity index (χ0) is 13.7. The largest absolute Gasteiger partial charge is 0.496 e. The maximum atomic E-state index is 12.2. The van der Waals surface area contributed by atoms with E-state index >= 15 is 0 Å². The second kappa shape index (κ2) is 6.83. The zero-order valence-electron chi connectivity index (χ0n) is 10.6. The fraction of sp³-hybridized carbons (Fsp3) is 0.417. The van der Waals surface area contributed by atoms with Crippen LogP contribution in [0.25, 0.3) is 0 Å². The van der Waals surface area contributed by atoms with E-state index < -0.39 is 0 Å². The van der Waals surface area contributed by atoms with Gasteiger partial charge in [-0.25, -0.2) is 0 Å². The Morgan fingerprint density at radius 3 is 2.56 bits per heavy atom. The average molecular weight is 291 g/mol. The van der Waals surface area contributed by atoms with Crippen molar-refractivity contribution in [3.63, 3.8) is 0 Å². The summed E-state index contributed by atoms with van der Waals surface area (Å²) in [7, 11) is 5.05. The summed E-state index contributed by atoms with van der Waals surface area (Å²) < 4.78 is 5.15. The number of halogens is 2. The molecule has 0 fully saturated rings. The Balaban J connectivity index is 3.00. The van der Waals surface area contributed by atoms with Crippen LogP contribution in [-0.4, -0.2) is 45.1 Å². The Labute approximate surface area is 117 Å². The summed E-state index contributed by atoms with van der Waals surface area (Å²) in [6.07, 6.45) is 0. The molecule has 4 nitrogen and oxygen atoms in total. The number of benzene rings is 1. The van der Waals surface area contributed by atoms with Crippen molar-refractivity contribution in [2.75, 3.05) is 34.3 Å². The molecule has 0 bridgehead atoms. The molecule has 1 rings (SSSR count). The number of amides is 1. The molecule has 0 heterocycles. The Hall–Kier alpha value is -0.970. The highest BCUT2D eigenvalue weighted by atomic mass is 35.5. The number of methoxy groups -OCH3 is 1. The van der Waals surface area contributed by atoms with Crippen LogP contribution < -0.4 is 10.1 Å². The molecule has 1 N–H and O–H groups in total. The highest BCUT2D eigenvalue weighted by Gasteiger charge is 2.18. The lowest BCUT2D eigenvalue weighted by Crippen LogP contribution is -2.33. The van der Waals surface area contributed by atoms with Gasteiger partial charge in [0.15, 0.2) is 0 Å². The van der Waals surface area contributed by atoms with E-state index in [0.29, 0.717) is 34.4 Å². The summed E-state index contributed by atoms with van der Waals surface area (Å²) in [5.74, 6) is 0.270. The third-order valence-electron chi connectivity index (χ3n) is 2.52. The number of ether oxygens (including phenoxy) is 1. The van der Waals surface area contributed by atoms with Gasteiger partial charge >= 0.3 is 0 Å². The van der Waals surface area contributed by atoms with Crippen molar-refractivity contribution in [1.29, 1.82) is 0 Å². The number of hydrogen-bond acceptors (Lipinski definition) is 3. The molecule has 0 radical (unpaired) electrons. The molecule has 6 heteroatoms. The standard InChI is InChI=1S/C12H16Cl2N2O2/c1-15-4-5-16(2)12(17)8-6-9(13)10(14)7-11(8)18-3/h6-7,15H,4-5H2,1-3H3. The van der Waals surface area contributed by atoms with E-state index in [4.69, 9.17) is 27.9 Å². The van der Waals surface area contributed by atoms with E-state index in [0.717, 1.165) is 0 Å². The van der Waals surface area contributed by atoms with Crippen molar-refractivity contribution in [2.45, 2.75) is 0 Å². The molecule has 0 saturated heterocycles. The van der Waals surface area contributed by atoms with Gasteiger partial charge in [-0.15, -0.1) is 0 Å². The molecule has 1 amide bonds. The molecule has 0 atom stereocenters. The molecular formula is C12H16Cl2N2O2. The summed E-state index contributed by atoms with van der Waals surface area (Å²) in [6.45, 7) is 1.31. The van der Waals surface area contributed by atoms with E-state index in [1.54, 1.807) is 18.0 Å². The Morgan fingerprint density at radius 2 is 2.00 bits per heavy atom. The van der Waals surface area contributed by atoms with Gasteiger partial charge < -0.3 is 15.0 Å². The minimum absolute atomic E-state index is 0.152. The summed E-state index contributed by atoms with van der Waals surface area (Å²) in [5, 5.41) is 3.68. The maximum absolute atomic E-state index is 12.2. The van der Waals surface area contributed by atoms with Crippen LogP contribution in [0.2, 0.25) is 10.0 Å². The van der Waals surface area contributed by atoms with E-state index in [9.17, 15) is 4.79 Å². The predicted octanol–water partition coefficient (Wildman–Crippen LogP) is 2.29. The van der Waals surface area contributed by atoms with Crippen LogP contribution in [0.5, 0.6) is 5.75 Å². The van der Waals surface area contributed by atoms with Gasteiger partial charge in [0.2, 0.25) is 0 Å². The first kappa shape index (κ1) is 15.1. The lowest BCUT2D eigenvalue weighted by Gasteiger charge is -2.18. The summed E-state index contributed by atoms with van der Waals surface area (Å²) in [6, 6.07) is 3.07. The van der Waals surface area contributed by atoms with Crippen molar-refractivity contribution in [3.8, 4) is 5.75 Å². The first-order valence-corrected chi connectivity index (χ1v) is 6.20. The van der Waals surface area contributed by atoms with Gasteiger partial charge in [0, 0.05) is 26.2 Å². The Bertz CT molecular complexity index is 438. The first-order chi connectivity index (χ1) is 8.51. The third kappa shape index (κ3) is 3.51. The van der Waals surface area contributed by atoms with Crippen molar-refractivity contribution in [3.05, 3.63) is 27.7 Å². The number of nitrogens with one attached hydrogen (secondary N) is 1. The van der Waals surface area contributed by atoms with Crippen molar-refractivity contribution >= 4 is 29.1 Å². The lowest BCUT2D eigenvalue weighted by molar-refractivity contribution is 0.0793. The molecule has 100 valence electrons.